The van der Waals surface area contributed by atoms with Gasteiger partial charge in [-0.15, -0.1) is 0 Å². The van der Waals surface area contributed by atoms with Gasteiger partial charge in [0.1, 0.15) is 5.56 Å². The van der Waals surface area contributed by atoms with Crippen molar-refractivity contribution in [2.75, 3.05) is 0 Å². The van der Waals surface area contributed by atoms with E-state index in [9.17, 15) is 9.59 Å². The zero-order valence-electron chi connectivity index (χ0n) is 18.5. The van der Waals surface area contributed by atoms with Crippen LogP contribution in [0.3, 0.4) is 0 Å². The molecule has 1 aromatic heterocycles. The Kier molecular flexibility index (Phi) is 6.86. The summed E-state index contributed by atoms with van der Waals surface area (Å²) in [6, 6.07) is 16.2. The number of rotatable bonds is 6. The highest BCUT2D eigenvalue weighted by Crippen LogP contribution is 2.21. The van der Waals surface area contributed by atoms with E-state index in [4.69, 9.17) is 0 Å². The number of fused-ring (bicyclic) bond motifs is 2. The van der Waals surface area contributed by atoms with Crippen LogP contribution in [-0.2, 0) is 25.9 Å². The van der Waals surface area contributed by atoms with Crippen molar-refractivity contribution in [1.82, 2.24) is 9.88 Å². The summed E-state index contributed by atoms with van der Waals surface area (Å²) in [5.74, 6) is -0.270. The Morgan fingerprint density at radius 2 is 1.77 bits per heavy atom. The lowest BCUT2D eigenvalue weighted by atomic mass is 9.95. The first kappa shape index (κ1) is 21.4. The van der Waals surface area contributed by atoms with E-state index in [1.807, 2.05) is 34.9 Å². The van der Waals surface area contributed by atoms with Gasteiger partial charge >= 0.3 is 0 Å². The van der Waals surface area contributed by atoms with Crippen molar-refractivity contribution in [3.8, 4) is 0 Å². The van der Waals surface area contributed by atoms with Gasteiger partial charge in [-0.25, -0.2) is 0 Å². The smallest absolute Gasteiger partial charge is 0.263 e. The molecule has 1 N–H and O–H groups in total. The molecule has 4 heteroatoms. The number of pyridine rings is 1. The molecular formula is C27H32N2O2. The summed E-state index contributed by atoms with van der Waals surface area (Å²) in [6.45, 7) is 3.24. The van der Waals surface area contributed by atoms with Gasteiger partial charge in [-0.2, -0.15) is 0 Å². The van der Waals surface area contributed by atoms with Crippen LogP contribution in [0.2, 0.25) is 0 Å². The van der Waals surface area contributed by atoms with Crippen LogP contribution < -0.4 is 10.9 Å². The molecule has 162 valence electrons. The van der Waals surface area contributed by atoms with Crippen LogP contribution in [0.1, 0.15) is 72.6 Å². The predicted octanol–water partition coefficient (Wildman–Crippen LogP) is 5.39. The van der Waals surface area contributed by atoms with Crippen LogP contribution in [0.5, 0.6) is 0 Å². The number of hydrogen-bond acceptors (Lipinski definition) is 2. The highest BCUT2D eigenvalue weighted by molar-refractivity contribution is 5.94. The van der Waals surface area contributed by atoms with E-state index in [2.05, 4.69) is 30.4 Å². The van der Waals surface area contributed by atoms with E-state index in [-0.39, 0.29) is 17.0 Å². The van der Waals surface area contributed by atoms with Gasteiger partial charge in [0.25, 0.3) is 11.5 Å². The Balaban J connectivity index is 1.63. The summed E-state index contributed by atoms with van der Waals surface area (Å²) in [5.41, 5.74) is 3.55. The van der Waals surface area contributed by atoms with Crippen molar-refractivity contribution >= 4 is 16.7 Å². The molecule has 0 saturated carbocycles. The molecule has 1 heterocycles. The number of nitrogens with one attached hydrogen (secondary N) is 1. The van der Waals surface area contributed by atoms with Crippen LogP contribution in [0.25, 0.3) is 10.8 Å². The van der Waals surface area contributed by atoms with Crippen LogP contribution >= 0.6 is 0 Å². The maximum atomic E-state index is 13.3. The number of nitrogens with zero attached hydrogens (tertiary/aromatic N) is 1. The van der Waals surface area contributed by atoms with E-state index >= 15 is 0 Å². The molecule has 1 aliphatic rings. The Morgan fingerprint density at radius 3 is 2.61 bits per heavy atom. The molecule has 3 aromatic rings. The Labute approximate surface area is 184 Å². The quantitative estimate of drug-likeness (QED) is 0.586. The summed E-state index contributed by atoms with van der Waals surface area (Å²) < 4.78 is 1.90. The van der Waals surface area contributed by atoms with Crippen LogP contribution in [0.4, 0.5) is 0 Å². The third-order valence-electron chi connectivity index (χ3n) is 6.40. The molecule has 0 fully saturated rings. The Hall–Kier alpha value is -2.88. The van der Waals surface area contributed by atoms with Gasteiger partial charge < -0.3 is 9.88 Å². The minimum atomic E-state index is -0.270. The number of amides is 1. The summed E-state index contributed by atoms with van der Waals surface area (Å²) >= 11 is 0. The number of carbonyl (C=O) groups excluding carboxylic acids is 1. The molecule has 2 aromatic carbocycles. The first-order chi connectivity index (χ1) is 15.2. The maximum absolute atomic E-state index is 13.3. The molecular weight excluding hydrogens is 384 g/mol. The second-order valence-corrected chi connectivity index (χ2v) is 8.58. The average Bonchev–Trinajstić information content (AvgIpc) is 2.77. The van der Waals surface area contributed by atoms with Crippen molar-refractivity contribution in [2.24, 2.45) is 0 Å². The molecule has 31 heavy (non-hydrogen) atoms. The molecule has 1 amide bonds. The molecule has 4 nitrogen and oxygen atoms in total. The number of aryl methyl sites for hydroxylation is 1. The fourth-order valence-corrected chi connectivity index (χ4v) is 4.67. The molecule has 0 radical (unpaired) electrons. The van der Waals surface area contributed by atoms with Crippen molar-refractivity contribution < 1.29 is 4.79 Å². The van der Waals surface area contributed by atoms with Crippen molar-refractivity contribution in [3.05, 3.63) is 81.3 Å². The summed E-state index contributed by atoms with van der Waals surface area (Å²) in [6.07, 6.45) is 8.54. The highest BCUT2D eigenvalue weighted by atomic mass is 16.2. The Bertz CT molecular complexity index is 1120. The highest BCUT2D eigenvalue weighted by Gasteiger charge is 2.20. The van der Waals surface area contributed by atoms with E-state index in [1.54, 1.807) is 0 Å². The van der Waals surface area contributed by atoms with Gasteiger partial charge in [0.15, 0.2) is 0 Å². The minimum Gasteiger partial charge on any atom is -0.348 e. The van der Waals surface area contributed by atoms with E-state index in [0.29, 0.717) is 13.1 Å². The average molecular weight is 417 g/mol. The van der Waals surface area contributed by atoms with Crippen molar-refractivity contribution in [3.63, 3.8) is 0 Å². The fraction of sp³-hybridized carbons (Fsp3) is 0.407. The van der Waals surface area contributed by atoms with Gasteiger partial charge in [0, 0.05) is 18.8 Å². The topological polar surface area (TPSA) is 51.1 Å². The lowest BCUT2D eigenvalue weighted by Crippen LogP contribution is -2.35. The number of aromatic nitrogens is 1. The summed E-state index contributed by atoms with van der Waals surface area (Å²) in [5, 5.41) is 5.29. The number of carbonyl (C=O) groups is 1. The van der Waals surface area contributed by atoms with Crippen LogP contribution in [0, 0.1) is 0 Å². The van der Waals surface area contributed by atoms with Gasteiger partial charge in [0.05, 0.1) is 0 Å². The summed E-state index contributed by atoms with van der Waals surface area (Å²) in [4.78, 5) is 26.4. The normalized spacial score (nSPS) is 14.0. The molecule has 0 aliphatic heterocycles. The van der Waals surface area contributed by atoms with Crippen LogP contribution in [-0.4, -0.2) is 10.5 Å². The number of unbranched alkanes of at least 4 members (excludes halogenated alkanes) is 1. The van der Waals surface area contributed by atoms with E-state index in [0.717, 1.165) is 60.6 Å². The zero-order chi connectivity index (χ0) is 21.6. The SMILES string of the molecule is CCCCn1c2c(cc(C(=O)NCc3cccc4ccccc34)c1=O)CCCCCC2. The molecule has 0 bridgehead atoms. The van der Waals surface area contributed by atoms with Gasteiger partial charge in [-0.05, 0) is 60.1 Å². The third-order valence-corrected chi connectivity index (χ3v) is 6.40. The molecule has 0 spiro atoms. The van der Waals surface area contributed by atoms with Crippen molar-refractivity contribution in [1.29, 1.82) is 0 Å². The first-order valence-electron chi connectivity index (χ1n) is 11.7. The van der Waals surface area contributed by atoms with Crippen LogP contribution in [0.15, 0.2) is 53.3 Å². The number of benzene rings is 2. The van der Waals surface area contributed by atoms with Crippen molar-refractivity contribution in [2.45, 2.75) is 71.4 Å². The monoisotopic (exact) mass is 416 g/mol. The lowest BCUT2D eigenvalue weighted by Gasteiger charge is -2.21. The lowest BCUT2D eigenvalue weighted by molar-refractivity contribution is 0.0948. The summed E-state index contributed by atoms with van der Waals surface area (Å²) in [7, 11) is 0. The molecule has 0 unspecified atom stereocenters. The predicted molar refractivity (Wildman–Crippen MR) is 127 cm³/mol. The van der Waals surface area contributed by atoms with E-state index < -0.39 is 0 Å². The molecule has 0 saturated heterocycles. The second kappa shape index (κ2) is 9.95. The molecule has 4 rings (SSSR count). The molecule has 1 aliphatic carbocycles. The fourth-order valence-electron chi connectivity index (χ4n) is 4.67. The van der Waals surface area contributed by atoms with E-state index in [1.165, 1.54) is 18.4 Å². The standard InChI is InChI=1S/C27H32N2O2/c1-2-3-17-29-25-16-7-5-4-6-12-21(25)18-24(27(29)31)26(30)28-19-22-14-10-13-20-11-8-9-15-23(20)22/h8-11,13-15,18H,2-7,12,16-17,19H2,1H3,(H,28,30). The second-order valence-electron chi connectivity index (χ2n) is 8.58. The number of hydrogen-bond donors (Lipinski definition) is 1. The Morgan fingerprint density at radius 1 is 1.00 bits per heavy atom. The minimum absolute atomic E-state index is 0.136. The largest absolute Gasteiger partial charge is 0.348 e. The van der Waals surface area contributed by atoms with Gasteiger partial charge in [0.2, 0.25) is 0 Å². The van der Waals surface area contributed by atoms with Gasteiger partial charge in [-0.1, -0.05) is 68.7 Å². The first-order valence-corrected chi connectivity index (χ1v) is 11.7. The zero-order valence-corrected chi connectivity index (χ0v) is 18.5. The maximum Gasteiger partial charge on any atom is 0.263 e. The molecule has 0 atom stereocenters. The van der Waals surface area contributed by atoms with Gasteiger partial charge in [-0.3, -0.25) is 9.59 Å². The third kappa shape index (κ3) is 4.73.